The molecule has 1 aliphatic rings. The lowest BCUT2D eigenvalue weighted by atomic mass is 10.3. The van der Waals surface area contributed by atoms with Gasteiger partial charge in [-0.05, 0) is 34.6 Å². The normalized spacial score (nSPS) is 17.9. The van der Waals surface area contributed by atoms with E-state index in [9.17, 15) is 0 Å². The Kier molecular flexibility index (Phi) is 4.38. The molecule has 108 valence electrons. The Morgan fingerprint density at radius 2 is 1.90 bits per heavy atom. The van der Waals surface area contributed by atoms with Crippen LogP contribution in [0.25, 0.3) is 5.52 Å². The van der Waals surface area contributed by atoms with E-state index in [0.717, 1.165) is 28.9 Å². The van der Waals surface area contributed by atoms with Crippen LogP contribution >= 0.6 is 15.9 Å². The van der Waals surface area contributed by atoms with Crippen molar-refractivity contribution in [3.05, 3.63) is 34.8 Å². The average Bonchev–Trinajstić information content (AvgIpc) is 2.83. The third-order valence-corrected chi connectivity index (χ3v) is 4.72. The standard InChI is InChI=1S/C15H21BrN4/c1-2-18-9-11-19(12-10-18)8-6-14-17-15(16)13-5-3-4-7-20(13)14/h3-5,7H,2,6,8-12H2,1H3. The van der Waals surface area contributed by atoms with Gasteiger partial charge in [-0.3, -0.25) is 0 Å². The Bertz CT molecular complexity index is 572. The SMILES string of the molecule is CCN1CCN(CCc2nc(Br)c3ccccn23)CC1. The van der Waals surface area contributed by atoms with Gasteiger partial charge >= 0.3 is 0 Å². The van der Waals surface area contributed by atoms with E-state index >= 15 is 0 Å². The van der Waals surface area contributed by atoms with Crippen molar-refractivity contribution in [1.29, 1.82) is 0 Å². The van der Waals surface area contributed by atoms with Crippen molar-refractivity contribution in [3.63, 3.8) is 0 Å². The molecule has 0 aromatic carbocycles. The van der Waals surface area contributed by atoms with Gasteiger partial charge < -0.3 is 14.2 Å². The molecule has 0 aliphatic carbocycles. The maximum Gasteiger partial charge on any atom is 0.132 e. The van der Waals surface area contributed by atoms with Gasteiger partial charge in [0, 0.05) is 45.3 Å². The quantitative estimate of drug-likeness (QED) is 0.855. The molecule has 0 spiro atoms. The monoisotopic (exact) mass is 336 g/mol. The first-order chi connectivity index (χ1) is 9.78. The molecule has 0 atom stereocenters. The lowest BCUT2D eigenvalue weighted by Crippen LogP contribution is -2.46. The molecule has 1 aliphatic heterocycles. The molecular formula is C15H21BrN4. The number of pyridine rings is 1. The van der Waals surface area contributed by atoms with E-state index < -0.39 is 0 Å². The van der Waals surface area contributed by atoms with Crippen molar-refractivity contribution in [2.45, 2.75) is 13.3 Å². The van der Waals surface area contributed by atoms with Crippen LogP contribution in [0.1, 0.15) is 12.7 Å². The van der Waals surface area contributed by atoms with Gasteiger partial charge in [0.2, 0.25) is 0 Å². The van der Waals surface area contributed by atoms with Gasteiger partial charge in [0.05, 0.1) is 5.52 Å². The summed E-state index contributed by atoms with van der Waals surface area (Å²) in [6.07, 6.45) is 3.10. The first-order valence-electron chi connectivity index (χ1n) is 7.34. The number of piperazine rings is 1. The number of halogens is 1. The minimum Gasteiger partial charge on any atom is -0.302 e. The van der Waals surface area contributed by atoms with Crippen molar-refractivity contribution in [2.75, 3.05) is 39.3 Å². The highest BCUT2D eigenvalue weighted by Gasteiger charge is 2.16. The summed E-state index contributed by atoms with van der Waals surface area (Å²) in [5.41, 5.74) is 1.15. The highest BCUT2D eigenvalue weighted by molar-refractivity contribution is 9.10. The lowest BCUT2D eigenvalue weighted by Gasteiger charge is -2.33. The van der Waals surface area contributed by atoms with Crippen LogP contribution in [0.5, 0.6) is 0 Å². The van der Waals surface area contributed by atoms with Crippen LogP contribution in [-0.2, 0) is 6.42 Å². The van der Waals surface area contributed by atoms with Crippen LogP contribution in [-0.4, -0.2) is 58.5 Å². The van der Waals surface area contributed by atoms with E-state index in [1.807, 2.05) is 0 Å². The van der Waals surface area contributed by atoms with E-state index in [4.69, 9.17) is 0 Å². The van der Waals surface area contributed by atoms with E-state index in [1.165, 1.54) is 32.7 Å². The first kappa shape index (κ1) is 14.0. The molecule has 3 heterocycles. The zero-order valence-corrected chi connectivity index (χ0v) is 13.5. The topological polar surface area (TPSA) is 23.8 Å². The molecule has 0 saturated carbocycles. The van der Waals surface area contributed by atoms with Crippen LogP contribution in [0.3, 0.4) is 0 Å². The van der Waals surface area contributed by atoms with Crippen molar-refractivity contribution < 1.29 is 0 Å². The highest BCUT2D eigenvalue weighted by Crippen LogP contribution is 2.19. The molecule has 2 aromatic heterocycles. The zero-order chi connectivity index (χ0) is 13.9. The first-order valence-corrected chi connectivity index (χ1v) is 8.13. The lowest BCUT2D eigenvalue weighted by molar-refractivity contribution is 0.138. The third-order valence-electron chi connectivity index (χ3n) is 4.14. The Balaban J connectivity index is 1.63. The minimum atomic E-state index is 0.948. The van der Waals surface area contributed by atoms with E-state index in [0.29, 0.717) is 0 Å². The summed E-state index contributed by atoms with van der Waals surface area (Å²) in [5, 5.41) is 0. The van der Waals surface area contributed by atoms with E-state index in [-0.39, 0.29) is 0 Å². The van der Waals surface area contributed by atoms with Gasteiger partial charge in [-0.2, -0.15) is 0 Å². The average molecular weight is 337 g/mol. The molecule has 3 rings (SSSR count). The van der Waals surface area contributed by atoms with E-state index in [2.05, 4.69) is 66.4 Å². The maximum absolute atomic E-state index is 4.65. The largest absolute Gasteiger partial charge is 0.302 e. The molecule has 20 heavy (non-hydrogen) atoms. The Morgan fingerprint density at radius 1 is 1.15 bits per heavy atom. The summed E-state index contributed by atoms with van der Waals surface area (Å²) in [6, 6.07) is 6.21. The van der Waals surface area contributed by atoms with Crippen LogP contribution in [0.4, 0.5) is 0 Å². The van der Waals surface area contributed by atoms with Crippen LogP contribution in [0.2, 0.25) is 0 Å². The van der Waals surface area contributed by atoms with E-state index in [1.54, 1.807) is 0 Å². The summed E-state index contributed by atoms with van der Waals surface area (Å²) >= 11 is 3.55. The van der Waals surface area contributed by atoms with Gasteiger partial charge in [-0.25, -0.2) is 4.98 Å². The third kappa shape index (κ3) is 2.90. The van der Waals surface area contributed by atoms with Crippen molar-refractivity contribution in [2.24, 2.45) is 0 Å². The Hall–Kier alpha value is -0.910. The summed E-state index contributed by atoms with van der Waals surface area (Å²) in [6.45, 7) is 9.26. The molecule has 1 saturated heterocycles. The van der Waals surface area contributed by atoms with Crippen molar-refractivity contribution in [3.8, 4) is 0 Å². The highest BCUT2D eigenvalue weighted by atomic mass is 79.9. The van der Waals surface area contributed by atoms with Crippen LogP contribution in [0.15, 0.2) is 29.0 Å². The fraction of sp³-hybridized carbons (Fsp3) is 0.533. The summed E-state index contributed by atoms with van der Waals surface area (Å²) < 4.78 is 3.13. The molecule has 0 amide bonds. The Labute approximate surface area is 128 Å². The number of hydrogen-bond acceptors (Lipinski definition) is 3. The number of likely N-dealkylation sites (N-methyl/N-ethyl adjacent to an activating group) is 1. The summed E-state index contributed by atoms with van der Waals surface area (Å²) in [4.78, 5) is 9.71. The maximum atomic E-state index is 4.65. The van der Waals surface area contributed by atoms with Crippen molar-refractivity contribution >= 4 is 21.4 Å². The second-order valence-corrected chi connectivity index (χ2v) is 6.05. The van der Waals surface area contributed by atoms with Gasteiger partial charge in [-0.15, -0.1) is 0 Å². The van der Waals surface area contributed by atoms with Crippen LogP contribution in [0, 0.1) is 0 Å². The summed E-state index contributed by atoms with van der Waals surface area (Å²) in [7, 11) is 0. The number of hydrogen-bond donors (Lipinski definition) is 0. The number of imidazole rings is 1. The fourth-order valence-corrected chi connectivity index (χ4v) is 3.35. The number of fused-ring (bicyclic) bond motifs is 1. The fourth-order valence-electron chi connectivity index (χ4n) is 2.82. The number of aromatic nitrogens is 2. The van der Waals surface area contributed by atoms with Crippen LogP contribution < -0.4 is 0 Å². The molecule has 2 aromatic rings. The molecule has 0 bridgehead atoms. The molecule has 1 fully saturated rings. The van der Waals surface area contributed by atoms with Crippen molar-refractivity contribution in [1.82, 2.24) is 19.2 Å². The second kappa shape index (κ2) is 6.24. The smallest absolute Gasteiger partial charge is 0.132 e. The predicted molar refractivity (Wildman–Crippen MR) is 85.2 cm³/mol. The zero-order valence-electron chi connectivity index (χ0n) is 11.9. The molecule has 0 N–H and O–H groups in total. The minimum absolute atomic E-state index is 0.948. The summed E-state index contributed by atoms with van der Waals surface area (Å²) in [5.74, 6) is 1.14. The van der Waals surface area contributed by atoms with Gasteiger partial charge in [0.15, 0.2) is 0 Å². The molecule has 0 radical (unpaired) electrons. The second-order valence-electron chi connectivity index (χ2n) is 5.30. The Morgan fingerprint density at radius 3 is 2.65 bits per heavy atom. The predicted octanol–water partition coefficient (Wildman–Crippen LogP) is 2.28. The molecule has 4 nitrogen and oxygen atoms in total. The molecule has 0 unspecified atom stereocenters. The number of rotatable bonds is 4. The van der Waals surface area contributed by atoms with Gasteiger partial charge in [0.1, 0.15) is 10.4 Å². The molecular weight excluding hydrogens is 316 g/mol. The van der Waals surface area contributed by atoms with Gasteiger partial charge in [-0.1, -0.05) is 13.0 Å². The van der Waals surface area contributed by atoms with Gasteiger partial charge in [0.25, 0.3) is 0 Å². The molecule has 5 heteroatoms. The number of nitrogens with zero attached hydrogens (tertiary/aromatic N) is 4.